The van der Waals surface area contributed by atoms with Gasteiger partial charge in [0.05, 0.1) is 18.8 Å². The second-order valence-corrected chi connectivity index (χ2v) is 5.93. The van der Waals surface area contributed by atoms with Gasteiger partial charge in [0.25, 0.3) is 0 Å². The Balaban J connectivity index is 1.52. The van der Waals surface area contributed by atoms with Gasteiger partial charge in [-0.05, 0) is 31.5 Å². The van der Waals surface area contributed by atoms with E-state index in [2.05, 4.69) is 20.1 Å². The molecule has 1 aliphatic rings. The SMILES string of the molecule is Cn1cnnc1[C@@H]1CCCN1Cc1cnc(-c2ccccc2)o1. The van der Waals surface area contributed by atoms with Crippen molar-refractivity contribution < 1.29 is 4.42 Å². The average Bonchev–Trinajstić information content (AvgIpc) is 3.30. The molecule has 1 fully saturated rings. The summed E-state index contributed by atoms with van der Waals surface area (Å²) in [6, 6.07) is 10.3. The molecule has 6 nitrogen and oxygen atoms in total. The van der Waals surface area contributed by atoms with Crippen LogP contribution in [0.2, 0.25) is 0 Å². The van der Waals surface area contributed by atoms with E-state index in [0.29, 0.717) is 11.9 Å². The predicted molar refractivity (Wildman–Crippen MR) is 85.3 cm³/mol. The third-order valence-electron chi connectivity index (χ3n) is 4.34. The molecule has 118 valence electrons. The number of aryl methyl sites for hydroxylation is 1. The minimum absolute atomic E-state index is 0.299. The zero-order chi connectivity index (χ0) is 15.6. The van der Waals surface area contributed by atoms with Gasteiger partial charge in [-0.3, -0.25) is 4.90 Å². The maximum absolute atomic E-state index is 5.93. The molecule has 0 amide bonds. The van der Waals surface area contributed by atoms with Gasteiger partial charge in [-0.2, -0.15) is 0 Å². The van der Waals surface area contributed by atoms with Crippen molar-refractivity contribution in [3.63, 3.8) is 0 Å². The first kappa shape index (κ1) is 14.1. The molecule has 3 aromatic rings. The van der Waals surface area contributed by atoms with Crippen LogP contribution >= 0.6 is 0 Å². The van der Waals surface area contributed by atoms with Gasteiger partial charge in [0.15, 0.2) is 0 Å². The highest BCUT2D eigenvalue weighted by molar-refractivity contribution is 5.52. The zero-order valence-corrected chi connectivity index (χ0v) is 13.1. The van der Waals surface area contributed by atoms with E-state index < -0.39 is 0 Å². The Morgan fingerprint density at radius 2 is 2.13 bits per heavy atom. The molecule has 0 bridgehead atoms. The summed E-state index contributed by atoms with van der Waals surface area (Å²) < 4.78 is 7.93. The molecular formula is C17H19N5O. The highest BCUT2D eigenvalue weighted by atomic mass is 16.4. The fraction of sp³-hybridized carbons (Fsp3) is 0.353. The summed E-state index contributed by atoms with van der Waals surface area (Å²) in [5.41, 5.74) is 1.00. The standard InChI is InChI=1S/C17H19N5O/c1-21-12-19-20-16(21)15-8-5-9-22(15)11-14-10-18-17(23-14)13-6-3-2-4-7-13/h2-4,6-7,10,12,15H,5,8-9,11H2,1H3/t15-/m0/s1. The number of nitrogens with zero attached hydrogens (tertiary/aromatic N) is 5. The van der Waals surface area contributed by atoms with Crippen LogP contribution in [0.3, 0.4) is 0 Å². The van der Waals surface area contributed by atoms with E-state index in [1.165, 1.54) is 0 Å². The Morgan fingerprint density at radius 1 is 1.26 bits per heavy atom. The molecule has 0 aliphatic carbocycles. The lowest BCUT2D eigenvalue weighted by atomic mass is 10.2. The second-order valence-electron chi connectivity index (χ2n) is 5.93. The minimum Gasteiger partial charge on any atom is -0.440 e. The number of aromatic nitrogens is 4. The zero-order valence-electron chi connectivity index (χ0n) is 13.1. The molecule has 0 unspecified atom stereocenters. The fourth-order valence-corrected chi connectivity index (χ4v) is 3.20. The monoisotopic (exact) mass is 309 g/mol. The van der Waals surface area contributed by atoms with E-state index in [1.807, 2.05) is 48.1 Å². The van der Waals surface area contributed by atoms with Crippen LogP contribution in [0, 0.1) is 0 Å². The summed E-state index contributed by atoms with van der Waals surface area (Å²) in [6.07, 6.45) is 5.85. The molecule has 1 atom stereocenters. The molecule has 0 spiro atoms. The summed E-state index contributed by atoms with van der Waals surface area (Å²) in [5.74, 6) is 2.58. The highest BCUT2D eigenvalue weighted by Gasteiger charge is 2.30. The molecule has 1 aromatic carbocycles. The first-order valence-corrected chi connectivity index (χ1v) is 7.89. The van der Waals surface area contributed by atoms with Gasteiger partial charge in [-0.15, -0.1) is 10.2 Å². The van der Waals surface area contributed by atoms with Gasteiger partial charge in [0.1, 0.15) is 17.9 Å². The van der Waals surface area contributed by atoms with Crippen LogP contribution in [0.4, 0.5) is 0 Å². The lowest BCUT2D eigenvalue weighted by Gasteiger charge is -2.22. The number of hydrogen-bond acceptors (Lipinski definition) is 5. The highest BCUT2D eigenvalue weighted by Crippen LogP contribution is 2.32. The van der Waals surface area contributed by atoms with Crippen molar-refractivity contribution in [2.45, 2.75) is 25.4 Å². The Labute approximate surface area is 134 Å². The van der Waals surface area contributed by atoms with E-state index in [1.54, 1.807) is 6.33 Å². The van der Waals surface area contributed by atoms with Gasteiger partial charge in [0, 0.05) is 12.6 Å². The minimum atomic E-state index is 0.299. The van der Waals surface area contributed by atoms with Gasteiger partial charge in [-0.1, -0.05) is 18.2 Å². The van der Waals surface area contributed by atoms with E-state index in [9.17, 15) is 0 Å². The third kappa shape index (κ3) is 2.77. The van der Waals surface area contributed by atoms with E-state index in [-0.39, 0.29) is 0 Å². The first-order valence-electron chi connectivity index (χ1n) is 7.89. The molecule has 2 aromatic heterocycles. The average molecular weight is 309 g/mol. The van der Waals surface area contributed by atoms with Crippen molar-refractivity contribution in [3.05, 3.63) is 54.4 Å². The molecule has 1 aliphatic heterocycles. The van der Waals surface area contributed by atoms with E-state index in [0.717, 1.165) is 43.1 Å². The molecular weight excluding hydrogens is 290 g/mol. The quantitative estimate of drug-likeness (QED) is 0.741. The summed E-state index contributed by atoms with van der Waals surface area (Å²) in [7, 11) is 1.99. The van der Waals surface area contributed by atoms with Crippen molar-refractivity contribution >= 4 is 0 Å². The Morgan fingerprint density at radius 3 is 2.91 bits per heavy atom. The second kappa shape index (κ2) is 5.96. The summed E-state index contributed by atoms with van der Waals surface area (Å²) in [5, 5.41) is 8.27. The fourth-order valence-electron chi connectivity index (χ4n) is 3.20. The van der Waals surface area contributed by atoms with Gasteiger partial charge >= 0.3 is 0 Å². The summed E-state index contributed by atoms with van der Waals surface area (Å²) >= 11 is 0. The summed E-state index contributed by atoms with van der Waals surface area (Å²) in [4.78, 5) is 6.80. The molecule has 0 N–H and O–H groups in total. The van der Waals surface area contributed by atoms with Gasteiger partial charge in [0.2, 0.25) is 5.89 Å². The van der Waals surface area contributed by atoms with Gasteiger partial charge in [-0.25, -0.2) is 4.98 Å². The molecule has 0 saturated carbocycles. The number of benzene rings is 1. The normalized spacial score (nSPS) is 18.6. The van der Waals surface area contributed by atoms with Crippen molar-refractivity contribution in [1.29, 1.82) is 0 Å². The number of hydrogen-bond donors (Lipinski definition) is 0. The lowest BCUT2D eigenvalue weighted by Crippen LogP contribution is -2.24. The number of rotatable bonds is 4. The molecule has 1 saturated heterocycles. The van der Waals surface area contributed by atoms with Crippen LogP contribution in [0.5, 0.6) is 0 Å². The largest absolute Gasteiger partial charge is 0.440 e. The van der Waals surface area contributed by atoms with Crippen LogP contribution in [0.15, 0.2) is 47.3 Å². The maximum Gasteiger partial charge on any atom is 0.226 e. The molecule has 6 heteroatoms. The van der Waals surface area contributed by atoms with E-state index >= 15 is 0 Å². The Hall–Kier alpha value is -2.47. The molecule has 23 heavy (non-hydrogen) atoms. The lowest BCUT2D eigenvalue weighted by molar-refractivity contribution is 0.218. The van der Waals surface area contributed by atoms with Crippen LogP contribution in [-0.2, 0) is 13.6 Å². The molecule has 0 radical (unpaired) electrons. The van der Waals surface area contributed by atoms with Crippen LogP contribution in [0.1, 0.15) is 30.5 Å². The first-order chi connectivity index (χ1) is 11.3. The van der Waals surface area contributed by atoms with Crippen molar-refractivity contribution in [2.75, 3.05) is 6.54 Å². The molecule has 3 heterocycles. The van der Waals surface area contributed by atoms with Crippen LogP contribution < -0.4 is 0 Å². The summed E-state index contributed by atoms with van der Waals surface area (Å²) in [6.45, 7) is 1.79. The van der Waals surface area contributed by atoms with Gasteiger partial charge < -0.3 is 8.98 Å². The number of oxazole rings is 1. The number of likely N-dealkylation sites (tertiary alicyclic amines) is 1. The topological polar surface area (TPSA) is 60.0 Å². The van der Waals surface area contributed by atoms with Crippen molar-refractivity contribution in [1.82, 2.24) is 24.6 Å². The van der Waals surface area contributed by atoms with Crippen LogP contribution in [0.25, 0.3) is 11.5 Å². The Kier molecular flexibility index (Phi) is 3.67. The van der Waals surface area contributed by atoms with Crippen LogP contribution in [-0.4, -0.2) is 31.2 Å². The third-order valence-corrected chi connectivity index (χ3v) is 4.34. The molecule has 4 rings (SSSR count). The maximum atomic E-state index is 5.93. The van der Waals surface area contributed by atoms with Crippen molar-refractivity contribution in [3.8, 4) is 11.5 Å². The Bertz CT molecular complexity index is 779. The van der Waals surface area contributed by atoms with E-state index in [4.69, 9.17) is 4.42 Å². The van der Waals surface area contributed by atoms with Crippen molar-refractivity contribution in [2.24, 2.45) is 7.05 Å². The predicted octanol–water partition coefficient (Wildman–Crippen LogP) is 2.81. The smallest absolute Gasteiger partial charge is 0.226 e.